The Hall–Kier alpha value is -2.90. The maximum atomic E-state index is 14.9. The number of morpholine rings is 1. The van der Waals surface area contributed by atoms with Gasteiger partial charge in [-0.15, -0.1) is 0 Å². The number of halogens is 1. The number of aromatic nitrogens is 2. The summed E-state index contributed by atoms with van der Waals surface area (Å²) in [7, 11) is 0. The van der Waals surface area contributed by atoms with Crippen LogP contribution in [-0.4, -0.2) is 63.6 Å². The van der Waals surface area contributed by atoms with Gasteiger partial charge in [0.15, 0.2) is 0 Å². The lowest BCUT2D eigenvalue weighted by Crippen LogP contribution is -2.59. The number of nitrogens with zero attached hydrogens (tertiary/aromatic N) is 4. The number of hydrogen-bond donors (Lipinski definition) is 0. The number of hydrogen-bond acceptors (Lipinski definition) is 5. The highest BCUT2D eigenvalue weighted by molar-refractivity contribution is 5.84. The highest BCUT2D eigenvalue weighted by Gasteiger charge is 2.46. The van der Waals surface area contributed by atoms with Gasteiger partial charge < -0.3 is 9.64 Å². The quantitative estimate of drug-likeness (QED) is 0.571. The zero-order chi connectivity index (χ0) is 22.4. The third kappa shape index (κ3) is 4.11. The van der Waals surface area contributed by atoms with E-state index in [4.69, 9.17) is 4.74 Å². The highest BCUT2D eigenvalue weighted by atomic mass is 19.1. The summed E-state index contributed by atoms with van der Waals surface area (Å²) in [6, 6.07) is 13.8. The first-order valence-corrected chi connectivity index (χ1v) is 11.7. The van der Waals surface area contributed by atoms with E-state index in [2.05, 4.69) is 14.9 Å². The first-order chi connectivity index (χ1) is 16.1. The van der Waals surface area contributed by atoms with Gasteiger partial charge in [-0.2, -0.15) is 4.39 Å². The monoisotopic (exact) mass is 446 g/mol. The number of rotatable bonds is 4. The van der Waals surface area contributed by atoms with Crippen LogP contribution in [0.5, 0.6) is 0 Å². The van der Waals surface area contributed by atoms with E-state index in [0.717, 1.165) is 60.9 Å². The van der Waals surface area contributed by atoms with Crippen molar-refractivity contribution >= 4 is 16.8 Å². The van der Waals surface area contributed by atoms with E-state index in [0.29, 0.717) is 24.7 Å². The fraction of sp³-hybridized carbons (Fsp3) is 0.423. The minimum atomic E-state index is -0.453. The number of benzene rings is 1. The summed E-state index contributed by atoms with van der Waals surface area (Å²) in [5.41, 5.74) is 2.61. The lowest BCUT2D eigenvalue weighted by Gasteiger charge is -2.47. The first kappa shape index (κ1) is 20.7. The summed E-state index contributed by atoms with van der Waals surface area (Å²) < 4.78 is 21.0. The minimum Gasteiger partial charge on any atom is -0.363 e. The normalized spacial score (nSPS) is 21.1. The van der Waals surface area contributed by atoms with Gasteiger partial charge in [0.1, 0.15) is 6.61 Å². The molecule has 1 aromatic carbocycles. The van der Waals surface area contributed by atoms with E-state index < -0.39 is 5.95 Å². The predicted molar refractivity (Wildman–Crippen MR) is 123 cm³/mol. The van der Waals surface area contributed by atoms with Crippen LogP contribution >= 0.6 is 0 Å². The second-order valence-electron chi connectivity index (χ2n) is 9.55. The van der Waals surface area contributed by atoms with E-state index in [1.165, 1.54) is 0 Å². The molecule has 0 N–H and O–H groups in total. The average molecular weight is 447 g/mol. The Kier molecular flexibility index (Phi) is 5.11. The van der Waals surface area contributed by atoms with Gasteiger partial charge in [0, 0.05) is 42.8 Å². The zero-order valence-electron chi connectivity index (χ0n) is 18.5. The van der Waals surface area contributed by atoms with E-state index >= 15 is 0 Å². The molecule has 3 fully saturated rings. The molecular formula is C26H27FN4O2. The standard InChI is InChI=1S/C26H27FN4O2/c27-25-22(19-4-3-18-2-1-11-28-23(18)14-19)8-5-20(29-25)15-30-12-9-26(10-13-30)17-31(21-6-7-21)24(32)16-33-26/h1-5,8,11,14,21H,6-7,9-10,12-13,15-17H2. The highest BCUT2D eigenvalue weighted by Crippen LogP contribution is 2.36. The Morgan fingerprint density at radius 1 is 1.12 bits per heavy atom. The molecule has 3 aromatic rings. The van der Waals surface area contributed by atoms with Gasteiger partial charge >= 0.3 is 0 Å². The second kappa shape index (κ2) is 8.15. The van der Waals surface area contributed by atoms with Crippen LogP contribution in [-0.2, 0) is 16.1 Å². The Morgan fingerprint density at radius 3 is 2.76 bits per heavy atom. The molecule has 2 aliphatic heterocycles. The molecule has 0 unspecified atom stereocenters. The predicted octanol–water partition coefficient (Wildman–Crippen LogP) is 3.79. The summed E-state index contributed by atoms with van der Waals surface area (Å²) in [5.74, 6) is -0.321. The van der Waals surface area contributed by atoms with Crippen molar-refractivity contribution in [2.75, 3.05) is 26.2 Å². The molecule has 0 atom stereocenters. The molecule has 6 rings (SSSR count). The molecule has 1 amide bonds. The number of carbonyl (C=O) groups is 1. The smallest absolute Gasteiger partial charge is 0.248 e. The van der Waals surface area contributed by atoms with Crippen molar-refractivity contribution in [3.05, 3.63) is 60.3 Å². The maximum Gasteiger partial charge on any atom is 0.248 e. The van der Waals surface area contributed by atoms with Crippen molar-refractivity contribution in [3.8, 4) is 11.1 Å². The summed E-state index contributed by atoms with van der Waals surface area (Å²) in [6.45, 7) is 3.24. The number of likely N-dealkylation sites (tertiary alicyclic amines) is 1. The molecule has 2 saturated heterocycles. The second-order valence-corrected chi connectivity index (χ2v) is 9.55. The van der Waals surface area contributed by atoms with E-state index in [1.807, 2.05) is 47.4 Å². The van der Waals surface area contributed by atoms with Gasteiger partial charge in [-0.3, -0.25) is 14.7 Å². The Morgan fingerprint density at radius 2 is 1.97 bits per heavy atom. The molecule has 2 aromatic heterocycles. The molecule has 6 nitrogen and oxygen atoms in total. The molecule has 4 heterocycles. The van der Waals surface area contributed by atoms with Gasteiger partial charge in [-0.1, -0.05) is 18.2 Å². The van der Waals surface area contributed by atoms with Crippen LogP contribution < -0.4 is 0 Å². The van der Waals surface area contributed by atoms with Crippen LogP contribution in [0.2, 0.25) is 0 Å². The molecule has 7 heteroatoms. The summed E-state index contributed by atoms with van der Waals surface area (Å²) in [6.07, 6.45) is 5.75. The molecule has 0 radical (unpaired) electrons. The van der Waals surface area contributed by atoms with Gasteiger partial charge in [0.2, 0.25) is 11.9 Å². The summed E-state index contributed by atoms with van der Waals surface area (Å²) >= 11 is 0. The van der Waals surface area contributed by atoms with Crippen LogP contribution in [0.1, 0.15) is 31.4 Å². The fourth-order valence-electron chi connectivity index (χ4n) is 5.12. The van der Waals surface area contributed by atoms with Crippen LogP contribution in [0.25, 0.3) is 22.0 Å². The third-order valence-corrected chi connectivity index (χ3v) is 7.24. The number of carbonyl (C=O) groups excluding carboxylic acids is 1. The molecule has 0 bridgehead atoms. The van der Waals surface area contributed by atoms with E-state index in [9.17, 15) is 9.18 Å². The van der Waals surface area contributed by atoms with Crippen molar-refractivity contribution < 1.29 is 13.9 Å². The van der Waals surface area contributed by atoms with Crippen molar-refractivity contribution in [3.63, 3.8) is 0 Å². The SMILES string of the molecule is O=C1COC2(CCN(Cc3ccc(-c4ccc5cccnc5c4)c(F)n3)CC2)CN1C1CC1. The zero-order valence-corrected chi connectivity index (χ0v) is 18.5. The van der Waals surface area contributed by atoms with Crippen molar-refractivity contribution in [2.45, 2.75) is 43.9 Å². The number of amides is 1. The van der Waals surface area contributed by atoms with Crippen molar-refractivity contribution in [1.29, 1.82) is 0 Å². The van der Waals surface area contributed by atoms with Gasteiger partial charge in [0.25, 0.3) is 0 Å². The Labute approximate surface area is 192 Å². The maximum absolute atomic E-state index is 14.9. The fourth-order valence-corrected chi connectivity index (χ4v) is 5.12. The topological polar surface area (TPSA) is 58.6 Å². The molecule has 1 aliphatic carbocycles. The summed E-state index contributed by atoms with van der Waals surface area (Å²) in [5, 5.41) is 1.03. The first-order valence-electron chi connectivity index (χ1n) is 11.7. The number of piperidine rings is 1. The van der Waals surface area contributed by atoms with Crippen LogP contribution in [0.15, 0.2) is 48.7 Å². The lowest BCUT2D eigenvalue weighted by atomic mass is 9.89. The number of pyridine rings is 2. The summed E-state index contributed by atoms with van der Waals surface area (Å²) in [4.78, 5) is 25.2. The Balaban J connectivity index is 1.11. The lowest BCUT2D eigenvalue weighted by molar-refractivity contribution is -0.172. The Bertz CT molecular complexity index is 1200. The van der Waals surface area contributed by atoms with Crippen molar-refractivity contribution in [1.82, 2.24) is 19.8 Å². The number of ether oxygens (including phenoxy) is 1. The molecule has 1 saturated carbocycles. The largest absolute Gasteiger partial charge is 0.363 e. The average Bonchev–Trinajstić information content (AvgIpc) is 3.68. The van der Waals surface area contributed by atoms with Crippen LogP contribution in [0, 0.1) is 5.95 Å². The van der Waals surface area contributed by atoms with Gasteiger partial charge in [0.05, 0.1) is 23.4 Å². The minimum absolute atomic E-state index is 0.132. The van der Waals surface area contributed by atoms with E-state index in [-0.39, 0.29) is 18.1 Å². The molecule has 170 valence electrons. The molecule has 3 aliphatic rings. The van der Waals surface area contributed by atoms with Crippen molar-refractivity contribution in [2.24, 2.45) is 0 Å². The van der Waals surface area contributed by atoms with Gasteiger partial charge in [-0.05, 0) is 55.5 Å². The number of fused-ring (bicyclic) bond motifs is 1. The third-order valence-electron chi connectivity index (χ3n) is 7.24. The van der Waals surface area contributed by atoms with Crippen LogP contribution in [0.3, 0.4) is 0 Å². The molecular weight excluding hydrogens is 419 g/mol. The van der Waals surface area contributed by atoms with Crippen LogP contribution in [0.4, 0.5) is 4.39 Å². The van der Waals surface area contributed by atoms with E-state index in [1.54, 1.807) is 6.20 Å². The molecule has 1 spiro atoms. The van der Waals surface area contributed by atoms with Gasteiger partial charge in [-0.25, -0.2) is 4.98 Å². The molecule has 33 heavy (non-hydrogen) atoms.